The third-order valence-corrected chi connectivity index (χ3v) is 15.0. The van der Waals surface area contributed by atoms with Crippen LogP contribution in [0.15, 0.2) is 91.0 Å². The molecule has 438 valence electrons. The molecule has 81 heavy (non-hydrogen) atoms. The number of fused-ring (bicyclic) bond motifs is 4. The minimum absolute atomic E-state index is 0.119. The number of piperidine rings is 1. The van der Waals surface area contributed by atoms with Crippen LogP contribution in [0.3, 0.4) is 0 Å². The Labute approximate surface area is 475 Å². The topological polar surface area (TPSA) is 228 Å². The molecule has 0 spiro atoms. The van der Waals surface area contributed by atoms with Crippen LogP contribution >= 0.6 is 0 Å². The Hall–Kier alpha value is -7.61. The quantitative estimate of drug-likeness (QED) is 0.226. The molecule has 3 aliphatic heterocycles. The van der Waals surface area contributed by atoms with E-state index in [1.165, 1.54) is 71.5 Å². The molecule has 20 heteroatoms. The van der Waals surface area contributed by atoms with Crippen LogP contribution in [0.25, 0.3) is 0 Å². The number of aryl methyl sites for hydroxylation is 1. The van der Waals surface area contributed by atoms with Gasteiger partial charge in [-0.3, -0.25) is 33.6 Å². The Balaban J connectivity index is 1.31. The highest BCUT2D eigenvalue weighted by atomic mass is 16.5. The Morgan fingerprint density at radius 1 is 0.728 bits per heavy atom. The first-order valence-electron chi connectivity index (χ1n) is 27.7. The van der Waals surface area contributed by atoms with E-state index >= 15 is 0 Å². The van der Waals surface area contributed by atoms with Gasteiger partial charge in [0.25, 0.3) is 11.8 Å². The van der Waals surface area contributed by atoms with E-state index in [-0.39, 0.29) is 50.7 Å². The molecule has 3 aromatic rings. The number of hydrogen-bond acceptors (Lipinski definition) is 14. The number of nitrogens with zero attached hydrogens (tertiary/aromatic N) is 5. The first-order chi connectivity index (χ1) is 38.4. The second-order valence-corrected chi connectivity index (χ2v) is 22.6. The predicted octanol–water partition coefficient (Wildman–Crippen LogP) is 5.57. The fraction of sp³-hybridized carbons (Fsp3) is 0.525. The van der Waals surface area contributed by atoms with Crippen molar-refractivity contribution in [2.45, 2.75) is 135 Å². The minimum atomic E-state index is -1.48. The highest BCUT2D eigenvalue weighted by molar-refractivity contribution is 6.38. The van der Waals surface area contributed by atoms with E-state index < -0.39 is 108 Å². The summed E-state index contributed by atoms with van der Waals surface area (Å²) in [5, 5.41) is 2.83. The van der Waals surface area contributed by atoms with Gasteiger partial charge in [-0.05, 0) is 134 Å². The fourth-order valence-electron chi connectivity index (χ4n) is 9.77. The largest absolute Gasteiger partial charge is 0.497 e. The third kappa shape index (κ3) is 16.7. The van der Waals surface area contributed by atoms with Crippen LogP contribution in [0.1, 0.15) is 115 Å². The van der Waals surface area contributed by atoms with Crippen molar-refractivity contribution in [3.8, 4) is 11.5 Å². The van der Waals surface area contributed by atoms with Gasteiger partial charge in [0.2, 0.25) is 29.4 Å². The minimum Gasteiger partial charge on any atom is -0.497 e. The molecule has 6 atom stereocenters. The van der Waals surface area contributed by atoms with Gasteiger partial charge in [0.15, 0.2) is 6.61 Å². The summed E-state index contributed by atoms with van der Waals surface area (Å²) in [4.78, 5) is 134. The van der Waals surface area contributed by atoms with Crippen LogP contribution in [0.4, 0.5) is 0 Å². The molecule has 20 nitrogen and oxygen atoms in total. The number of hydrogen-bond donors (Lipinski definition) is 1. The lowest BCUT2D eigenvalue weighted by molar-refractivity contribution is -0.165. The summed E-state index contributed by atoms with van der Waals surface area (Å²) in [6.45, 7) is 9.24. The predicted molar refractivity (Wildman–Crippen MR) is 299 cm³/mol. The summed E-state index contributed by atoms with van der Waals surface area (Å²) < 4.78 is 29.3. The van der Waals surface area contributed by atoms with Crippen molar-refractivity contribution in [3.05, 3.63) is 108 Å². The van der Waals surface area contributed by atoms with Crippen LogP contribution in [0.2, 0.25) is 0 Å². The van der Waals surface area contributed by atoms with Crippen LogP contribution < -0.4 is 14.8 Å². The summed E-state index contributed by atoms with van der Waals surface area (Å²) >= 11 is 0. The van der Waals surface area contributed by atoms with Crippen molar-refractivity contribution < 1.29 is 66.8 Å². The number of ether oxygens (including phenoxy) is 5. The van der Waals surface area contributed by atoms with E-state index in [9.17, 15) is 43.2 Å². The molecule has 0 aromatic heterocycles. The molecule has 3 aromatic carbocycles. The van der Waals surface area contributed by atoms with Gasteiger partial charge in [0.1, 0.15) is 54.4 Å². The van der Waals surface area contributed by atoms with Crippen LogP contribution in [-0.2, 0) is 63.8 Å². The molecular weight excluding hydrogens is 1040 g/mol. The average molecular weight is 1120 g/mol. The number of methoxy groups -OCH3 is 1. The normalized spacial score (nSPS) is 24.5. The molecule has 2 fully saturated rings. The number of nitrogens with one attached hydrogen (secondary N) is 1. The molecule has 2 saturated heterocycles. The first kappa shape index (κ1) is 62.6. The second kappa shape index (κ2) is 28.2. The highest BCUT2D eigenvalue weighted by Crippen LogP contribution is 2.31. The highest BCUT2D eigenvalue weighted by Gasteiger charge is 2.44. The van der Waals surface area contributed by atoms with Gasteiger partial charge in [-0.1, -0.05) is 60.7 Å². The van der Waals surface area contributed by atoms with Crippen molar-refractivity contribution in [2.75, 3.05) is 67.7 Å². The maximum absolute atomic E-state index is 14.9. The number of likely N-dealkylation sites (N-methyl/N-ethyl adjacent to an activating group) is 3. The maximum atomic E-state index is 14.9. The number of ketones is 1. The Morgan fingerprint density at radius 3 is 2.10 bits per heavy atom. The maximum Gasteiger partial charge on any atom is 0.330 e. The number of amides is 6. The molecule has 1 unspecified atom stereocenters. The zero-order valence-electron chi connectivity index (χ0n) is 48.5. The van der Waals surface area contributed by atoms with E-state index in [1.807, 2.05) is 45.0 Å². The summed E-state index contributed by atoms with van der Waals surface area (Å²) in [5.41, 5.74) is -0.352. The van der Waals surface area contributed by atoms with Crippen LogP contribution in [0.5, 0.6) is 11.5 Å². The van der Waals surface area contributed by atoms with Gasteiger partial charge in [-0.25, -0.2) is 9.59 Å². The number of Topliss-reactive ketones (excluding diaryl/α,β-unsaturated/α-hetero) is 1. The van der Waals surface area contributed by atoms with Crippen LogP contribution in [0, 0.1) is 5.41 Å². The van der Waals surface area contributed by atoms with Gasteiger partial charge in [0, 0.05) is 46.9 Å². The van der Waals surface area contributed by atoms with E-state index in [0.717, 1.165) is 5.56 Å². The number of esters is 2. The summed E-state index contributed by atoms with van der Waals surface area (Å²) in [7, 11) is 6.04. The standard InChI is InChI=1S/C61H80N6O14/c1-40-54(71)62-52(42-20-12-11-13-21-42)57(74)65(9)48(37-80-60(2,3)4)56(73)66-35-19-25-46(66)55(72)63(7)33-16-15-26-51(69)79-39-61(5,6)53(70)58(75)67-34-17-14-24-47(67)59(76)81-49(32-29-41-27-30-44(77-10)31-28-41)43-22-18-23-45(36-43)78-38-50(68)64(40)8/h11-13,15,18,20-23,26-28,30-31,36,40,46-49,52H,14,16-17,19,24-25,29,32-35,37-39H2,1-10H3,(H,62,71)/b26-15-/t40-,46-,47-,48-,49+,52?/m0/s1. The SMILES string of the molecule is COc1ccc(CC[C@H]2OC(=O)[C@@H]3CCCCN3C(=O)C(=O)C(C)(C)COC(=O)/C=C\CCN(C)C(=O)[C@@H]3CCCN3C(=O)[C@H](COC(C)(C)C)N(C)C(=O)C(c3ccccc3)NC(=O)[C@H](C)N(C)C(=O)COc3cccc2c3)cc1. The van der Waals surface area contributed by atoms with E-state index in [1.54, 1.807) is 68.8 Å². The number of rotatable bonds is 7. The van der Waals surface area contributed by atoms with Crippen molar-refractivity contribution in [1.29, 1.82) is 0 Å². The Kier molecular flexibility index (Phi) is 21.8. The molecular formula is C61H80N6O14. The van der Waals surface area contributed by atoms with Gasteiger partial charge in [-0.2, -0.15) is 0 Å². The lowest BCUT2D eigenvalue weighted by Gasteiger charge is -2.37. The molecule has 2 bridgehead atoms. The molecule has 0 radical (unpaired) electrons. The zero-order chi connectivity index (χ0) is 59.2. The number of benzene rings is 3. The molecule has 0 saturated carbocycles. The number of carbonyl (C=O) groups is 9. The van der Waals surface area contributed by atoms with Gasteiger partial charge < -0.3 is 53.5 Å². The van der Waals surface area contributed by atoms with E-state index in [2.05, 4.69) is 5.32 Å². The zero-order valence-corrected chi connectivity index (χ0v) is 48.5. The molecule has 6 amide bonds. The summed E-state index contributed by atoms with van der Waals surface area (Å²) in [6.07, 6.45) is 5.03. The Morgan fingerprint density at radius 2 is 1.41 bits per heavy atom. The van der Waals surface area contributed by atoms with Gasteiger partial charge in [-0.15, -0.1) is 0 Å². The second-order valence-electron chi connectivity index (χ2n) is 22.6. The number of cyclic esters (lactones) is 2. The molecule has 6 rings (SSSR count). The van der Waals surface area contributed by atoms with E-state index in [4.69, 9.17) is 23.7 Å². The van der Waals surface area contributed by atoms with Crippen molar-refractivity contribution in [1.82, 2.24) is 29.8 Å². The van der Waals surface area contributed by atoms with Crippen molar-refractivity contribution in [2.24, 2.45) is 5.41 Å². The number of carbonyl (C=O) groups excluding carboxylic acids is 9. The molecule has 1 N–H and O–H groups in total. The third-order valence-electron chi connectivity index (χ3n) is 15.0. The smallest absolute Gasteiger partial charge is 0.330 e. The fourth-order valence-corrected chi connectivity index (χ4v) is 9.77. The monoisotopic (exact) mass is 1120 g/mol. The lowest BCUT2D eigenvalue weighted by Crippen LogP contribution is -2.58. The van der Waals surface area contributed by atoms with E-state index in [0.29, 0.717) is 55.4 Å². The summed E-state index contributed by atoms with van der Waals surface area (Å²) in [5.74, 6) is -5.11. The average Bonchev–Trinajstić information content (AvgIpc) is 4.02. The van der Waals surface area contributed by atoms with Crippen molar-refractivity contribution >= 4 is 53.2 Å². The van der Waals surface area contributed by atoms with Crippen LogP contribution in [-0.4, -0.2) is 175 Å². The van der Waals surface area contributed by atoms with Gasteiger partial charge >= 0.3 is 11.9 Å². The van der Waals surface area contributed by atoms with Crippen molar-refractivity contribution in [3.63, 3.8) is 0 Å². The lowest BCUT2D eigenvalue weighted by atomic mass is 9.87. The van der Waals surface area contributed by atoms with Gasteiger partial charge in [0.05, 0.1) is 24.7 Å². The Bertz CT molecular complexity index is 2760. The first-order valence-corrected chi connectivity index (χ1v) is 27.7. The molecule has 3 aliphatic rings. The summed E-state index contributed by atoms with van der Waals surface area (Å²) in [6, 6.07) is 17.0. The molecule has 3 heterocycles. The molecule has 0 aliphatic carbocycles.